The number of methoxy groups -OCH3 is 2. The highest BCUT2D eigenvalue weighted by Crippen LogP contribution is 2.34. The molecule has 0 heterocycles. The Hall–Kier alpha value is -1.35. The van der Waals surface area contributed by atoms with Gasteiger partial charge in [-0.1, -0.05) is 44.2 Å². The summed E-state index contributed by atoms with van der Waals surface area (Å²) in [7, 11) is 3.01. The average molecular weight is 236 g/mol. The van der Waals surface area contributed by atoms with Gasteiger partial charge in [0, 0.05) is 7.11 Å². The van der Waals surface area contributed by atoms with E-state index >= 15 is 0 Å². The summed E-state index contributed by atoms with van der Waals surface area (Å²) in [6.07, 6.45) is 0. The Kier molecular flexibility index (Phi) is 4.70. The molecular formula is C14H20O3. The molecule has 0 aliphatic carbocycles. The van der Waals surface area contributed by atoms with Crippen molar-refractivity contribution in [1.82, 2.24) is 0 Å². The van der Waals surface area contributed by atoms with Crippen LogP contribution in [-0.4, -0.2) is 26.8 Å². The van der Waals surface area contributed by atoms with E-state index in [-0.39, 0.29) is 11.9 Å². The highest BCUT2D eigenvalue weighted by Gasteiger charge is 2.44. The van der Waals surface area contributed by atoms with Crippen LogP contribution in [0.5, 0.6) is 0 Å². The minimum atomic E-state index is -0.731. The molecule has 0 aliphatic heterocycles. The molecule has 0 amide bonds. The molecule has 0 spiro atoms. The van der Waals surface area contributed by atoms with E-state index in [4.69, 9.17) is 9.47 Å². The van der Waals surface area contributed by atoms with Gasteiger partial charge >= 0.3 is 5.97 Å². The van der Waals surface area contributed by atoms with Crippen molar-refractivity contribution in [1.29, 1.82) is 0 Å². The molecule has 1 aromatic rings. The van der Waals surface area contributed by atoms with Crippen LogP contribution in [0.2, 0.25) is 0 Å². The molecule has 0 fully saturated rings. The van der Waals surface area contributed by atoms with Gasteiger partial charge in [-0.05, 0) is 11.5 Å². The molecule has 1 unspecified atom stereocenters. The number of ether oxygens (including phenoxy) is 2. The van der Waals surface area contributed by atoms with Gasteiger partial charge in [0.2, 0.25) is 0 Å². The first-order valence-electron chi connectivity index (χ1n) is 5.72. The third kappa shape index (κ3) is 2.50. The Balaban J connectivity index is 3.29. The van der Waals surface area contributed by atoms with Gasteiger partial charge in [0.1, 0.15) is 5.41 Å². The highest BCUT2D eigenvalue weighted by atomic mass is 16.5. The van der Waals surface area contributed by atoms with E-state index < -0.39 is 5.41 Å². The summed E-state index contributed by atoms with van der Waals surface area (Å²) in [4.78, 5) is 12.2. The fourth-order valence-electron chi connectivity index (χ4n) is 2.14. The molecule has 0 saturated heterocycles. The third-order valence-corrected chi connectivity index (χ3v) is 3.20. The first-order chi connectivity index (χ1) is 8.09. The lowest BCUT2D eigenvalue weighted by molar-refractivity contribution is -0.152. The summed E-state index contributed by atoms with van der Waals surface area (Å²) >= 11 is 0. The topological polar surface area (TPSA) is 35.5 Å². The van der Waals surface area contributed by atoms with Crippen LogP contribution >= 0.6 is 0 Å². The van der Waals surface area contributed by atoms with E-state index in [9.17, 15) is 4.79 Å². The number of hydrogen-bond acceptors (Lipinski definition) is 3. The van der Waals surface area contributed by atoms with Crippen LogP contribution in [0.1, 0.15) is 19.4 Å². The molecule has 0 saturated carbocycles. The first-order valence-corrected chi connectivity index (χ1v) is 5.72. The van der Waals surface area contributed by atoms with Crippen molar-refractivity contribution >= 4 is 5.97 Å². The van der Waals surface area contributed by atoms with E-state index in [0.29, 0.717) is 6.61 Å². The van der Waals surface area contributed by atoms with Crippen molar-refractivity contribution in [2.24, 2.45) is 5.92 Å². The lowest BCUT2D eigenvalue weighted by Crippen LogP contribution is -2.45. The van der Waals surface area contributed by atoms with Crippen LogP contribution in [0, 0.1) is 5.92 Å². The number of carbonyl (C=O) groups is 1. The van der Waals surface area contributed by atoms with Gasteiger partial charge in [-0.25, -0.2) is 0 Å². The number of benzene rings is 1. The minimum Gasteiger partial charge on any atom is -0.468 e. The van der Waals surface area contributed by atoms with Crippen LogP contribution < -0.4 is 0 Å². The van der Waals surface area contributed by atoms with Gasteiger partial charge < -0.3 is 9.47 Å². The van der Waals surface area contributed by atoms with Crippen molar-refractivity contribution in [3.05, 3.63) is 35.9 Å². The second kappa shape index (κ2) is 5.82. The monoisotopic (exact) mass is 236 g/mol. The maximum atomic E-state index is 12.2. The Labute approximate surface area is 103 Å². The Morgan fingerprint density at radius 3 is 2.24 bits per heavy atom. The molecule has 3 nitrogen and oxygen atoms in total. The fourth-order valence-corrected chi connectivity index (χ4v) is 2.14. The normalized spacial score (nSPS) is 14.4. The molecule has 0 bridgehead atoms. The molecule has 0 N–H and O–H groups in total. The van der Waals surface area contributed by atoms with E-state index in [0.717, 1.165) is 5.56 Å². The van der Waals surface area contributed by atoms with Gasteiger partial charge in [-0.2, -0.15) is 0 Å². The first kappa shape index (κ1) is 13.7. The Morgan fingerprint density at radius 1 is 1.24 bits per heavy atom. The lowest BCUT2D eigenvalue weighted by Gasteiger charge is -2.34. The number of rotatable bonds is 5. The Bertz CT molecular complexity index is 359. The molecular weight excluding hydrogens is 216 g/mol. The molecule has 1 atom stereocenters. The molecule has 0 radical (unpaired) electrons. The van der Waals surface area contributed by atoms with Gasteiger partial charge in [0.25, 0.3) is 0 Å². The van der Waals surface area contributed by atoms with Gasteiger partial charge in [-0.15, -0.1) is 0 Å². The second-order valence-electron chi connectivity index (χ2n) is 4.42. The molecule has 17 heavy (non-hydrogen) atoms. The zero-order chi connectivity index (χ0) is 12.9. The van der Waals surface area contributed by atoms with Gasteiger partial charge in [0.15, 0.2) is 0 Å². The number of carbonyl (C=O) groups excluding carboxylic acids is 1. The maximum absolute atomic E-state index is 12.2. The fraction of sp³-hybridized carbons (Fsp3) is 0.500. The molecule has 1 aromatic carbocycles. The molecule has 1 rings (SSSR count). The zero-order valence-corrected chi connectivity index (χ0v) is 10.9. The van der Waals surface area contributed by atoms with Crippen molar-refractivity contribution in [2.45, 2.75) is 19.3 Å². The number of esters is 1. The van der Waals surface area contributed by atoms with Crippen molar-refractivity contribution < 1.29 is 14.3 Å². The van der Waals surface area contributed by atoms with E-state index in [2.05, 4.69) is 0 Å². The van der Waals surface area contributed by atoms with E-state index in [1.54, 1.807) is 7.11 Å². The minimum absolute atomic E-state index is 0.0947. The largest absolute Gasteiger partial charge is 0.468 e. The van der Waals surface area contributed by atoms with E-state index in [1.807, 2.05) is 44.2 Å². The van der Waals surface area contributed by atoms with Crippen LogP contribution in [0.3, 0.4) is 0 Å². The van der Waals surface area contributed by atoms with Gasteiger partial charge in [0.05, 0.1) is 13.7 Å². The second-order valence-corrected chi connectivity index (χ2v) is 4.42. The summed E-state index contributed by atoms with van der Waals surface area (Å²) < 4.78 is 10.2. The lowest BCUT2D eigenvalue weighted by atomic mass is 9.72. The summed E-state index contributed by atoms with van der Waals surface area (Å²) in [5.74, 6) is -0.155. The standard InChI is InChI=1S/C14H20O3/c1-11(2)14(10-16-3,13(15)17-4)12-8-6-5-7-9-12/h5-9,11H,10H2,1-4H3. The smallest absolute Gasteiger partial charge is 0.318 e. The molecule has 0 aliphatic rings. The van der Waals surface area contributed by atoms with Crippen LogP contribution in [0.4, 0.5) is 0 Å². The number of hydrogen-bond donors (Lipinski definition) is 0. The van der Waals surface area contributed by atoms with Crippen molar-refractivity contribution in [3.8, 4) is 0 Å². The third-order valence-electron chi connectivity index (χ3n) is 3.20. The quantitative estimate of drug-likeness (QED) is 0.736. The van der Waals surface area contributed by atoms with Crippen LogP contribution in [0.15, 0.2) is 30.3 Å². The molecule has 3 heteroatoms. The SMILES string of the molecule is COCC(C(=O)OC)(c1ccccc1)C(C)C. The summed E-state index contributed by atoms with van der Waals surface area (Å²) in [6.45, 7) is 4.33. The predicted octanol–water partition coefficient (Wildman–Crippen LogP) is 2.40. The zero-order valence-electron chi connectivity index (χ0n) is 10.9. The predicted molar refractivity (Wildman–Crippen MR) is 66.9 cm³/mol. The van der Waals surface area contributed by atoms with Crippen LogP contribution in [-0.2, 0) is 19.7 Å². The van der Waals surface area contributed by atoms with E-state index in [1.165, 1.54) is 7.11 Å². The van der Waals surface area contributed by atoms with Crippen molar-refractivity contribution in [2.75, 3.05) is 20.8 Å². The summed E-state index contributed by atoms with van der Waals surface area (Å²) in [6, 6.07) is 9.65. The summed E-state index contributed by atoms with van der Waals surface area (Å²) in [5.41, 5.74) is 0.203. The Morgan fingerprint density at radius 2 is 1.82 bits per heavy atom. The average Bonchev–Trinajstić information content (AvgIpc) is 2.35. The van der Waals surface area contributed by atoms with Gasteiger partial charge in [-0.3, -0.25) is 4.79 Å². The maximum Gasteiger partial charge on any atom is 0.318 e. The van der Waals surface area contributed by atoms with Crippen molar-refractivity contribution in [3.63, 3.8) is 0 Å². The molecule has 0 aromatic heterocycles. The molecule has 94 valence electrons. The summed E-state index contributed by atoms with van der Waals surface area (Å²) in [5, 5.41) is 0. The highest BCUT2D eigenvalue weighted by molar-refractivity contribution is 5.83. The van der Waals surface area contributed by atoms with Crippen LogP contribution in [0.25, 0.3) is 0 Å².